The molecule has 0 N–H and O–H groups in total. The minimum atomic E-state index is -4.83. The van der Waals surface area contributed by atoms with E-state index in [1.807, 2.05) is 0 Å². The number of halogens is 5. The van der Waals surface area contributed by atoms with Gasteiger partial charge in [0, 0.05) is 23.9 Å². The van der Waals surface area contributed by atoms with Crippen molar-refractivity contribution in [1.82, 2.24) is 9.97 Å². The Hall–Kier alpha value is -2.49. The second-order valence-electron chi connectivity index (χ2n) is 6.86. The van der Waals surface area contributed by atoms with Crippen molar-refractivity contribution in [3.8, 4) is 23.2 Å². The van der Waals surface area contributed by atoms with Gasteiger partial charge >= 0.3 is 6.18 Å². The van der Waals surface area contributed by atoms with Crippen molar-refractivity contribution in [2.24, 2.45) is 5.92 Å². The normalized spacial score (nSPS) is 20.1. The topological polar surface area (TPSA) is 25.8 Å². The van der Waals surface area contributed by atoms with Crippen molar-refractivity contribution >= 4 is 0 Å². The van der Waals surface area contributed by atoms with E-state index in [0.29, 0.717) is 11.8 Å². The molecule has 2 nitrogen and oxygen atoms in total. The quantitative estimate of drug-likeness (QED) is 0.499. The van der Waals surface area contributed by atoms with E-state index in [1.54, 1.807) is 12.4 Å². The van der Waals surface area contributed by atoms with Crippen LogP contribution in [0.15, 0.2) is 24.5 Å². The van der Waals surface area contributed by atoms with Crippen molar-refractivity contribution in [3.05, 3.63) is 47.3 Å². The largest absolute Gasteiger partial charge is 0.458 e. The molecule has 0 spiro atoms. The number of benzene rings is 1. The Kier molecular flexibility index (Phi) is 5.45. The zero-order valence-electron chi connectivity index (χ0n) is 14.6. The van der Waals surface area contributed by atoms with Gasteiger partial charge in [0.05, 0.1) is 5.56 Å². The van der Waals surface area contributed by atoms with Gasteiger partial charge in [0.1, 0.15) is 11.6 Å². The molecule has 1 fully saturated rings. The first kappa shape index (κ1) is 19.3. The van der Waals surface area contributed by atoms with Crippen LogP contribution in [0.1, 0.15) is 49.7 Å². The highest BCUT2D eigenvalue weighted by Gasteiger charge is 2.24. The fourth-order valence-corrected chi connectivity index (χ4v) is 3.25. The summed E-state index contributed by atoms with van der Waals surface area (Å²) in [6.07, 6.45) is 2.87. The third kappa shape index (κ3) is 4.82. The predicted octanol–water partition coefficient (Wildman–Crippen LogP) is 5.63. The number of aromatic nitrogens is 2. The molecule has 0 aliphatic heterocycles. The summed E-state index contributed by atoms with van der Waals surface area (Å²) in [5.41, 5.74) is 0.106. The number of hydrogen-bond donors (Lipinski definition) is 0. The van der Waals surface area contributed by atoms with Gasteiger partial charge in [0.25, 0.3) is 0 Å². The molecule has 7 heteroatoms. The second-order valence-corrected chi connectivity index (χ2v) is 6.86. The van der Waals surface area contributed by atoms with E-state index in [1.165, 1.54) is 5.92 Å². The average molecular weight is 380 g/mol. The molecule has 0 unspecified atom stereocenters. The lowest BCUT2D eigenvalue weighted by Crippen LogP contribution is -2.11. The van der Waals surface area contributed by atoms with E-state index in [9.17, 15) is 22.0 Å². The monoisotopic (exact) mass is 380 g/mol. The summed E-state index contributed by atoms with van der Waals surface area (Å²) in [7, 11) is 0. The molecule has 0 radical (unpaired) electrons. The smallest absolute Gasteiger partial charge is 0.236 e. The molecule has 2 aromatic rings. The fourth-order valence-electron chi connectivity index (χ4n) is 3.25. The third-order valence-corrected chi connectivity index (χ3v) is 4.79. The van der Waals surface area contributed by atoms with Gasteiger partial charge in [-0.3, -0.25) is 0 Å². The highest BCUT2D eigenvalue weighted by Crippen LogP contribution is 2.35. The summed E-state index contributed by atoms with van der Waals surface area (Å²) >= 11 is 0. The Balaban J connectivity index is 1.83. The molecular formula is C20H17F5N2. The Bertz CT molecular complexity index is 847. The molecule has 3 rings (SSSR count). The van der Waals surface area contributed by atoms with Crippen LogP contribution in [0.5, 0.6) is 0 Å². The lowest BCUT2D eigenvalue weighted by molar-refractivity contribution is -0.0696. The van der Waals surface area contributed by atoms with Gasteiger partial charge in [-0.25, -0.2) is 18.7 Å². The second kappa shape index (κ2) is 7.63. The van der Waals surface area contributed by atoms with Crippen molar-refractivity contribution in [3.63, 3.8) is 0 Å². The SMILES string of the molecule is CC1CCC(c2cnc(-c3cc(F)c(C#CC(F)(F)F)c(F)c3)nc2)CC1. The van der Waals surface area contributed by atoms with E-state index < -0.39 is 23.4 Å². The van der Waals surface area contributed by atoms with Crippen LogP contribution in [0.4, 0.5) is 22.0 Å². The molecule has 1 aromatic carbocycles. The Labute approximate surface area is 153 Å². The molecular weight excluding hydrogens is 363 g/mol. The van der Waals surface area contributed by atoms with Gasteiger partial charge in [-0.1, -0.05) is 25.7 Å². The summed E-state index contributed by atoms with van der Waals surface area (Å²) in [6.45, 7) is 2.22. The molecule has 0 amide bonds. The molecule has 1 aliphatic rings. The number of nitrogens with zero attached hydrogens (tertiary/aromatic N) is 2. The molecule has 0 atom stereocenters. The minimum Gasteiger partial charge on any atom is -0.236 e. The van der Waals surface area contributed by atoms with Crippen molar-refractivity contribution in [1.29, 1.82) is 0 Å². The summed E-state index contributed by atoms with van der Waals surface area (Å²) in [5, 5.41) is 0. The highest BCUT2D eigenvalue weighted by atomic mass is 19.4. The summed E-state index contributed by atoms with van der Waals surface area (Å²) in [5.74, 6) is 1.19. The van der Waals surface area contributed by atoms with Crippen LogP contribution in [-0.2, 0) is 0 Å². The first-order chi connectivity index (χ1) is 12.7. The molecule has 1 aliphatic carbocycles. The van der Waals surface area contributed by atoms with Gasteiger partial charge in [-0.15, -0.1) is 0 Å². The summed E-state index contributed by atoms with van der Waals surface area (Å²) in [4.78, 5) is 8.36. The van der Waals surface area contributed by atoms with Gasteiger partial charge in [-0.2, -0.15) is 13.2 Å². The molecule has 0 saturated heterocycles. The fraction of sp³-hybridized carbons (Fsp3) is 0.400. The first-order valence-electron chi connectivity index (χ1n) is 8.64. The van der Waals surface area contributed by atoms with Crippen LogP contribution >= 0.6 is 0 Å². The van der Waals surface area contributed by atoms with E-state index >= 15 is 0 Å². The maximum Gasteiger partial charge on any atom is 0.458 e. The molecule has 1 heterocycles. The van der Waals surface area contributed by atoms with Crippen molar-refractivity contribution < 1.29 is 22.0 Å². The van der Waals surface area contributed by atoms with E-state index in [-0.39, 0.29) is 11.4 Å². The highest BCUT2D eigenvalue weighted by molar-refractivity contribution is 5.57. The predicted molar refractivity (Wildman–Crippen MR) is 90.7 cm³/mol. The maximum atomic E-state index is 14.0. The number of rotatable bonds is 2. The number of alkyl halides is 3. The van der Waals surface area contributed by atoms with Gasteiger partial charge in [-0.05, 0) is 42.4 Å². The van der Waals surface area contributed by atoms with E-state index in [4.69, 9.17) is 0 Å². The number of hydrogen-bond acceptors (Lipinski definition) is 2. The van der Waals surface area contributed by atoms with Crippen molar-refractivity contribution in [2.45, 2.75) is 44.7 Å². The first-order valence-corrected chi connectivity index (χ1v) is 8.64. The van der Waals surface area contributed by atoms with Gasteiger partial charge in [0.2, 0.25) is 0 Å². The van der Waals surface area contributed by atoms with Crippen LogP contribution in [0.25, 0.3) is 11.4 Å². The standard InChI is InChI=1S/C20H17F5N2/c1-12-2-4-13(5-3-12)15-10-26-19(27-11-15)14-8-17(21)16(18(22)9-14)6-7-20(23,24)25/h8-13H,2-5H2,1H3. The molecule has 1 saturated carbocycles. The van der Waals surface area contributed by atoms with Crippen LogP contribution < -0.4 is 0 Å². The minimum absolute atomic E-state index is 0.0476. The van der Waals surface area contributed by atoms with E-state index in [2.05, 4.69) is 16.9 Å². The summed E-state index contributed by atoms with van der Waals surface area (Å²) in [6, 6.07) is 1.78. The molecule has 27 heavy (non-hydrogen) atoms. The van der Waals surface area contributed by atoms with Crippen molar-refractivity contribution in [2.75, 3.05) is 0 Å². The van der Waals surface area contributed by atoms with Crippen LogP contribution in [-0.4, -0.2) is 16.1 Å². The molecule has 0 bridgehead atoms. The zero-order valence-corrected chi connectivity index (χ0v) is 14.6. The van der Waals surface area contributed by atoms with E-state index in [0.717, 1.165) is 49.3 Å². The molecule has 1 aromatic heterocycles. The lowest BCUT2D eigenvalue weighted by atomic mass is 9.80. The summed E-state index contributed by atoms with van der Waals surface area (Å²) < 4.78 is 64.4. The lowest BCUT2D eigenvalue weighted by Gasteiger charge is -2.25. The Morgan fingerprint density at radius 1 is 0.963 bits per heavy atom. The Morgan fingerprint density at radius 3 is 2.04 bits per heavy atom. The van der Waals surface area contributed by atoms with Crippen LogP contribution in [0, 0.1) is 29.4 Å². The van der Waals surface area contributed by atoms with Crippen LogP contribution in [0.3, 0.4) is 0 Å². The third-order valence-electron chi connectivity index (χ3n) is 4.79. The Morgan fingerprint density at radius 2 is 1.52 bits per heavy atom. The maximum absolute atomic E-state index is 14.0. The van der Waals surface area contributed by atoms with Crippen LogP contribution in [0.2, 0.25) is 0 Å². The van der Waals surface area contributed by atoms with Gasteiger partial charge in [0.15, 0.2) is 5.82 Å². The van der Waals surface area contributed by atoms with Gasteiger partial charge < -0.3 is 0 Å². The average Bonchev–Trinajstić information content (AvgIpc) is 2.61. The zero-order chi connectivity index (χ0) is 19.6. The molecule has 142 valence electrons.